The normalized spacial score (nSPS) is 17.8. The molecule has 2 aliphatic heterocycles. The van der Waals surface area contributed by atoms with Gasteiger partial charge in [-0.2, -0.15) is 0 Å². The van der Waals surface area contributed by atoms with E-state index >= 15 is 0 Å². The van der Waals surface area contributed by atoms with Crippen LogP contribution in [0.3, 0.4) is 0 Å². The number of benzene rings is 2. The van der Waals surface area contributed by atoms with Crippen molar-refractivity contribution >= 4 is 61.7 Å². The molecule has 4 rings (SSSR count). The van der Waals surface area contributed by atoms with E-state index in [-0.39, 0.29) is 0 Å². The molecule has 2 aromatic carbocycles. The highest BCUT2D eigenvalue weighted by atomic mass is 79.9. The molecular weight excluding hydrogens is 480 g/mol. The number of nitrogens with zero attached hydrogens (tertiary/aromatic N) is 2. The van der Waals surface area contributed by atoms with Crippen molar-refractivity contribution in [1.29, 1.82) is 0 Å². The van der Waals surface area contributed by atoms with E-state index in [1.54, 1.807) is 0 Å². The van der Waals surface area contributed by atoms with Gasteiger partial charge in [0.2, 0.25) is 0 Å². The molecule has 2 saturated heterocycles. The van der Waals surface area contributed by atoms with Crippen molar-refractivity contribution in [3.63, 3.8) is 0 Å². The van der Waals surface area contributed by atoms with Gasteiger partial charge in [-0.3, -0.25) is 0 Å². The van der Waals surface area contributed by atoms with Crippen LogP contribution < -0.4 is 20.2 Å². The van der Waals surface area contributed by atoms with Gasteiger partial charge in [-0.05, 0) is 72.5 Å². The number of hydrogen-bond donors (Lipinski definition) is 0. The molecule has 0 saturated carbocycles. The summed E-state index contributed by atoms with van der Waals surface area (Å²) in [4.78, 5) is 5.08. The molecule has 27 heavy (non-hydrogen) atoms. The highest BCUT2D eigenvalue weighted by Crippen LogP contribution is 2.27. The van der Waals surface area contributed by atoms with Gasteiger partial charge in [0.05, 0.1) is 0 Å². The molecule has 0 radical (unpaired) electrons. The van der Waals surface area contributed by atoms with Crippen LogP contribution in [-0.2, 0) is 0 Å². The van der Waals surface area contributed by atoms with E-state index in [0.29, 0.717) is 0 Å². The molecule has 2 nitrogen and oxygen atoms in total. The quantitative estimate of drug-likeness (QED) is 0.522. The minimum atomic E-state index is -1.86. The second-order valence-corrected chi connectivity index (χ2v) is 14.4. The standard InChI is InChI=1S/C22H28Br2N2Si/c1-27(2,21-15-17(7-9-19(21)23)25-11-3-4-12-25)22-16-18(8-10-20(22)24)26-13-5-6-14-26/h7-10,15-16H,3-6,11-14H2,1-2H3. The molecular formula is C22H28Br2N2Si. The third kappa shape index (κ3) is 3.88. The summed E-state index contributed by atoms with van der Waals surface area (Å²) in [5.74, 6) is 0. The van der Waals surface area contributed by atoms with Crippen LogP contribution in [0.25, 0.3) is 0 Å². The highest BCUT2D eigenvalue weighted by molar-refractivity contribution is 9.11. The number of rotatable bonds is 4. The number of halogens is 2. The summed E-state index contributed by atoms with van der Waals surface area (Å²) in [6.07, 6.45) is 5.26. The molecule has 0 spiro atoms. The van der Waals surface area contributed by atoms with Gasteiger partial charge >= 0.3 is 0 Å². The van der Waals surface area contributed by atoms with Crippen molar-refractivity contribution in [2.45, 2.75) is 38.8 Å². The first-order chi connectivity index (χ1) is 13.0. The Morgan fingerprint density at radius 3 is 1.41 bits per heavy atom. The summed E-state index contributed by atoms with van der Waals surface area (Å²) in [5.41, 5.74) is 2.77. The van der Waals surface area contributed by atoms with Gasteiger partial charge in [0.1, 0.15) is 8.07 Å². The molecule has 2 heterocycles. The van der Waals surface area contributed by atoms with Crippen molar-refractivity contribution in [2.75, 3.05) is 36.0 Å². The van der Waals surface area contributed by atoms with Gasteiger partial charge in [0, 0.05) is 46.5 Å². The molecule has 0 aromatic heterocycles. The average molecular weight is 508 g/mol. The van der Waals surface area contributed by atoms with Crippen LogP contribution in [0.5, 0.6) is 0 Å². The monoisotopic (exact) mass is 506 g/mol. The Bertz CT molecular complexity index is 758. The second kappa shape index (κ2) is 7.92. The molecule has 144 valence electrons. The van der Waals surface area contributed by atoms with Crippen LogP contribution >= 0.6 is 31.9 Å². The third-order valence-corrected chi connectivity index (χ3v) is 11.8. The fourth-order valence-corrected chi connectivity index (χ4v) is 10.6. The maximum Gasteiger partial charge on any atom is 0.115 e. The van der Waals surface area contributed by atoms with Gasteiger partial charge in [-0.25, -0.2) is 0 Å². The first-order valence-electron chi connectivity index (χ1n) is 10.1. The van der Waals surface area contributed by atoms with E-state index in [1.165, 1.54) is 82.6 Å². The second-order valence-electron chi connectivity index (χ2n) is 8.34. The van der Waals surface area contributed by atoms with Gasteiger partial charge in [0.25, 0.3) is 0 Å². The van der Waals surface area contributed by atoms with Gasteiger partial charge in [-0.15, -0.1) is 0 Å². The highest BCUT2D eigenvalue weighted by Gasteiger charge is 2.32. The summed E-state index contributed by atoms with van der Waals surface area (Å²) < 4.78 is 2.50. The van der Waals surface area contributed by atoms with Crippen LogP contribution in [-0.4, -0.2) is 34.3 Å². The van der Waals surface area contributed by atoms with E-state index in [9.17, 15) is 0 Å². The Labute approximate surface area is 181 Å². The summed E-state index contributed by atoms with van der Waals surface area (Å²) in [5, 5.41) is 2.98. The van der Waals surface area contributed by atoms with Crippen molar-refractivity contribution in [3.8, 4) is 0 Å². The summed E-state index contributed by atoms with van der Waals surface area (Å²) in [7, 11) is -1.86. The van der Waals surface area contributed by atoms with E-state index in [2.05, 4.69) is 91.2 Å². The molecule has 0 atom stereocenters. The Morgan fingerprint density at radius 2 is 1.04 bits per heavy atom. The van der Waals surface area contributed by atoms with E-state index in [0.717, 1.165) is 0 Å². The van der Waals surface area contributed by atoms with Crippen molar-refractivity contribution in [3.05, 3.63) is 45.3 Å². The molecule has 5 heteroatoms. The fourth-order valence-electron chi connectivity index (χ4n) is 4.47. The molecule has 2 aromatic rings. The van der Waals surface area contributed by atoms with Crippen LogP contribution in [0.4, 0.5) is 11.4 Å². The Morgan fingerprint density at radius 1 is 0.667 bits per heavy atom. The summed E-state index contributed by atoms with van der Waals surface area (Å²) in [6.45, 7) is 9.73. The first kappa shape index (κ1) is 19.5. The molecule has 0 N–H and O–H groups in total. The smallest absolute Gasteiger partial charge is 0.115 e. The van der Waals surface area contributed by atoms with Gasteiger partial charge in [-0.1, -0.05) is 45.0 Å². The van der Waals surface area contributed by atoms with E-state index < -0.39 is 8.07 Å². The number of anilines is 2. The largest absolute Gasteiger partial charge is 0.372 e. The zero-order valence-corrected chi connectivity index (χ0v) is 20.4. The third-order valence-electron chi connectivity index (χ3n) is 6.19. The average Bonchev–Trinajstić information content (AvgIpc) is 3.36. The lowest BCUT2D eigenvalue weighted by atomic mass is 10.3. The van der Waals surface area contributed by atoms with Gasteiger partial charge in [0.15, 0.2) is 0 Å². The Balaban J connectivity index is 1.74. The number of hydrogen-bond acceptors (Lipinski definition) is 2. The predicted octanol–water partition coefficient (Wildman–Crippen LogP) is 5.23. The maximum atomic E-state index is 3.87. The molecule has 2 aliphatic rings. The molecule has 2 fully saturated rings. The van der Waals surface area contributed by atoms with Gasteiger partial charge < -0.3 is 9.80 Å². The molecule has 0 amide bonds. The van der Waals surface area contributed by atoms with Crippen molar-refractivity contribution < 1.29 is 0 Å². The topological polar surface area (TPSA) is 6.48 Å². The lowest BCUT2D eigenvalue weighted by molar-refractivity contribution is 0.949. The summed E-state index contributed by atoms with van der Waals surface area (Å²) in [6, 6.07) is 14.0. The minimum Gasteiger partial charge on any atom is -0.372 e. The molecule has 0 aliphatic carbocycles. The van der Waals surface area contributed by atoms with Crippen LogP contribution in [0.1, 0.15) is 25.7 Å². The lowest BCUT2D eigenvalue weighted by Crippen LogP contribution is -2.54. The maximum absolute atomic E-state index is 3.87. The minimum absolute atomic E-state index is 1.19. The SMILES string of the molecule is C[Si](C)(c1cc(N2CCCC2)ccc1Br)c1cc(N2CCCC2)ccc1Br. The zero-order valence-electron chi connectivity index (χ0n) is 16.3. The van der Waals surface area contributed by atoms with Crippen molar-refractivity contribution in [1.82, 2.24) is 0 Å². The Kier molecular flexibility index (Phi) is 5.73. The summed E-state index contributed by atoms with van der Waals surface area (Å²) >= 11 is 7.74. The van der Waals surface area contributed by atoms with Crippen LogP contribution in [0.15, 0.2) is 45.3 Å². The fraction of sp³-hybridized carbons (Fsp3) is 0.455. The first-order valence-corrected chi connectivity index (χ1v) is 14.7. The van der Waals surface area contributed by atoms with E-state index in [1.807, 2.05) is 0 Å². The zero-order chi connectivity index (χ0) is 19.0. The van der Waals surface area contributed by atoms with Crippen molar-refractivity contribution in [2.24, 2.45) is 0 Å². The predicted molar refractivity (Wildman–Crippen MR) is 128 cm³/mol. The van der Waals surface area contributed by atoms with Crippen LogP contribution in [0.2, 0.25) is 13.1 Å². The molecule has 0 unspecified atom stereocenters. The Hall–Kier alpha value is -0.783. The van der Waals surface area contributed by atoms with Crippen LogP contribution in [0, 0.1) is 0 Å². The van der Waals surface area contributed by atoms with E-state index in [4.69, 9.17) is 0 Å². The lowest BCUT2D eigenvalue weighted by Gasteiger charge is -2.30. The molecule has 0 bridgehead atoms.